The molecule has 1 heterocycles. The number of hydrogen-bond acceptors (Lipinski definition) is 4. The highest BCUT2D eigenvalue weighted by atomic mass is 16.5. The van der Waals surface area contributed by atoms with Crippen molar-refractivity contribution in [2.75, 3.05) is 6.61 Å². The number of rotatable bonds is 7. The van der Waals surface area contributed by atoms with Gasteiger partial charge in [0.05, 0.1) is 6.61 Å². The topological polar surface area (TPSA) is 63.7 Å². The number of carbonyl (C=O) groups is 3. The SMILES string of the molecule is CCOC(=O)/C=C/CCCC1CC(=O)C=CN1C(=O)c1ccccc1. The zero-order valence-electron chi connectivity index (χ0n) is 14.4. The van der Waals surface area contributed by atoms with Gasteiger partial charge in [0.1, 0.15) is 0 Å². The molecule has 1 amide bonds. The predicted molar refractivity (Wildman–Crippen MR) is 94.8 cm³/mol. The molecule has 0 bridgehead atoms. The quantitative estimate of drug-likeness (QED) is 0.434. The molecule has 1 aromatic rings. The molecule has 132 valence electrons. The molecule has 1 aromatic carbocycles. The van der Waals surface area contributed by atoms with Crippen molar-refractivity contribution in [3.8, 4) is 0 Å². The maximum atomic E-state index is 12.7. The van der Waals surface area contributed by atoms with Gasteiger partial charge >= 0.3 is 5.97 Å². The summed E-state index contributed by atoms with van der Waals surface area (Å²) in [7, 11) is 0. The number of benzene rings is 1. The summed E-state index contributed by atoms with van der Waals surface area (Å²) in [5.41, 5.74) is 0.605. The van der Waals surface area contributed by atoms with E-state index in [4.69, 9.17) is 4.74 Å². The molecule has 0 aliphatic carbocycles. The lowest BCUT2D eigenvalue weighted by Crippen LogP contribution is -2.40. The zero-order chi connectivity index (χ0) is 18.1. The van der Waals surface area contributed by atoms with Gasteiger partial charge in [0.15, 0.2) is 5.78 Å². The average molecular weight is 341 g/mol. The van der Waals surface area contributed by atoms with Crippen LogP contribution in [-0.4, -0.2) is 35.2 Å². The Kier molecular flexibility index (Phi) is 7.14. The van der Waals surface area contributed by atoms with Gasteiger partial charge in [-0.3, -0.25) is 9.59 Å². The number of allylic oxidation sites excluding steroid dienone is 2. The lowest BCUT2D eigenvalue weighted by atomic mass is 9.98. The Hall–Kier alpha value is -2.69. The van der Waals surface area contributed by atoms with Crippen molar-refractivity contribution < 1.29 is 19.1 Å². The van der Waals surface area contributed by atoms with Crippen molar-refractivity contribution in [1.82, 2.24) is 4.90 Å². The fourth-order valence-corrected chi connectivity index (χ4v) is 2.73. The van der Waals surface area contributed by atoms with Crippen LogP contribution in [0.15, 0.2) is 54.8 Å². The molecule has 0 saturated carbocycles. The third kappa shape index (κ3) is 5.71. The van der Waals surface area contributed by atoms with Crippen molar-refractivity contribution >= 4 is 17.7 Å². The molecule has 1 atom stereocenters. The van der Waals surface area contributed by atoms with Crippen LogP contribution in [0.1, 0.15) is 43.0 Å². The van der Waals surface area contributed by atoms with Crippen LogP contribution in [0.4, 0.5) is 0 Å². The van der Waals surface area contributed by atoms with E-state index >= 15 is 0 Å². The molecule has 1 unspecified atom stereocenters. The number of esters is 1. The second-order valence-corrected chi connectivity index (χ2v) is 5.80. The predicted octanol–water partition coefficient (Wildman–Crippen LogP) is 3.27. The summed E-state index contributed by atoms with van der Waals surface area (Å²) >= 11 is 0. The Bertz CT molecular complexity index is 664. The second kappa shape index (κ2) is 9.57. The fourth-order valence-electron chi connectivity index (χ4n) is 2.73. The van der Waals surface area contributed by atoms with Crippen molar-refractivity contribution in [3.05, 3.63) is 60.3 Å². The number of nitrogens with zero attached hydrogens (tertiary/aromatic N) is 1. The van der Waals surface area contributed by atoms with E-state index < -0.39 is 0 Å². The first-order valence-corrected chi connectivity index (χ1v) is 8.54. The van der Waals surface area contributed by atoms with Crippen LogP contribution in [0.5, 0.6) is 0 Å². The van der Waals surface area contributed by atoms with Gasteiger partial charge in [-0.2, -0.15) is 0 Å². The monoisotopic (exact) mass is 341 g/mol. The van der Waals surface area contributed by atoms with E-state index in [1.165, 1.54) is 12.2 Å². The van der Waals surface area contributed by atoms with E-state index in [1.807, 2.05) is 18.2 Å². The van der Waals surface area contributed by atoms with Gasteiger partial charge in [0.25, 0.3) is 5.91 Å². The molecule has 0 spiro atoms. The summed E-state index contributed by atoms with van der Waals surface area (Å²) in [6.45, 7) is 2.12. The van der Waals surface area contributed by atoms with Crippen LogP contribution in [0.25, 0.3) is 0 Å². The minimum atomic E-state index is -0.348. The van der Waals surface area contributed by atoms with Gasteiger partial charge in [-0.15, -0.1) is 0 Å². The molecule has 0 aromatic heterocycles. The van der Waals surface area contributed by atoms with Crippen molar-refractivity contribution in [1.29, 1.82) is 0 Å². The number of unbranched alkanes of at least 4 members (excludes halogenated alkanes) is 1. The van der Waals surface area contributed by atoms with E-state index in [0.29, 0.717) is 31.4 Å². The molecular weight excluding hydrogens is 318 g/mol. The number of hydrogen-bond donors (Lipinski definition) is 0. The second-order valence-electron chi connectivity index (χ2n) is 5.80. The molecule has 1 aliphatic rings. The normalized spacial score (nSPS) is 17.1. The van der Waals surface area contributed by atoms with E-state index in [1.54, 1.807) is 36.2 Å². The standard InChI is InChI=1S/C20H23NO4/c1-2-25-19(23)12-8-4-7-11-17-15-18(22)13-14-21(17)20(24)16-9-5-3-6-10-16/h3,5-6,8-10,12-14,17H,2,4,7,11,15H2,1H3/b12-8+. The number of ketones is 1. The number of amides is 1. The lowest BCUT2D eigenvalue weighted by molar-refractivity contribution is -0.137. The first kappa shape index (κ1) is 18.6. The third-order valence-electron chi connectivity index (χ3n) is 3.96. The van der Waals surface area contributed by atoms with E-state index in [0.717, 1.165) is 6.42 Å². The van der Waals surface area contributed by atoms with Crippen LogP contribution in [-0.2, 0) is 14.3 Å². The summed E-state index contributed by atoms with van der Waals surface area (Å²) in [5, 5.41) is 0. The highest BCUT2D eigenvalue weighted by Crippen LogP contribution is 2.21. The summed E-state index contributed by atoms with van der Waals surface area (Å²) in [6, 6.07) is 8.89. The van der Waals surface area contributed by atoms with Crippen LogP contribution in [0.2, 0.25) is 0 Å². The minimum Gasteiger partial charge on any atom is -0.463 e. The van der Waals surface area contributed by atoms with E-state index in [9.17, 15) is 14.4 Å². The molecule has 0 N–H and O–H groups in total. The first-order valence-electron chi connectivity index (χ1n) is 8.54. The smallest absolute Gasteiger partial charge is 0.330 e. The van der Waals surface area contributed by atoms with E-state index in [2.05, 4.69) is 0 Å². The van der Waals surface area contributed by atoms with Crippen LogP contribution in [0, 0.1) is 0 Å². The lowest BCUT2D eigenvalue weighted by Gasteiger charge is -2.31. The molecule has 2 rings (SSSR count). The summed E-state index contributed by atoms with van der Waals surface area (Å²) in [5.74, 6) is -0.417. The van der Waals surface area contributed by atoms with Gasteiger partial charge < -0.3 is 9.64 Å². The van der Waals surface area contributed by atoms with Crippen molar-refractivity contribution in [2.45, 2.75) is 38.6 Å². The Labute approximate surface area is 148 Å². The average Bonchev–Trinajstić information content (AvgIpc) is 2.62. The minimum absolute atomic E-state index is 0.0316. The van der Waals surface area contributed by atoms with Gasteiger partial charge in [0, 0.05) is 30.3 Å². The zero-order valence-corrected chi connectivity index (χ0v) is 14.4. The summed E-state index contributed by atoms with van der Waals surface area (Å²) in [6.07, 6.45) is 8.72. The molecular formula is C20H23NO4. The Morgan fingerprint density at radius 1 is 1.28 bits per heavy atom. The molecule has 0 fully saturated rings. The molecule has 25 heavy (non-hydrogen) atoms. The molecule has 5 nitrogen and oxygen atoms in total. The summed E-state index contributed by atoms with van der Waals surface area (Å²) < 4.78 is 4.82. The van der Waals surface area contributed by atoms with Gasteiger partial charge in [0.2, 0.25) is 0 Å². The highest BCUT2D eigenvalue weighted by molar-refractivity contribution is 5.98. The molecule has 0 saturated heterocycles. The maximum absolute atomic E-state index is 12.7. The fraction of sp³-hybridized carbons (Fsp3) is 0.350. The van der Waals surface area contributed by atoms with Gasteiger partial charge in [-0.1, -0.05) is 24.3 Å². The van der Waals surface area contributed by atoms with Gasteiger partial charge in [-0.05, 0) is 44.4 Å². The van der Waals surface area contributed by atoms with Crippen LogP contribution in [0.3, 0.4) is 0 Å². The highest BCUT2D eigenvalue weighted by Gasteiger charge is 2.27. The molecule has 0 radical (unpaired) electrons. The molecule has 5 heteroatoms. The first-order chi connectivity index (χ1) is 12.1. The van der Waals surface area contributed by atoms with Gasteiger partial charge in [-0.25, -0.2) is 4.79 Å². The molecule has 1 aliphatic heterocycles. The number of ether oxygens (including phenoxy) is 1. The number of carbonyl (C=O) groups excluding carboxylic acids is 3. The summed E-state index contributed by atoms with van der Waals surface area (Å²) in [4.78, 5) is 37.3. The van der Waals surface area contributed by atoms with Crippen molar-refractivity contribution in [2.24, 2.45) is 0 Å². The Balaban J connectivity index is 1.93. The third-order valence-corrected chi connectivity index (χ3v) is 3.96. The largest absolute Gasteiger partial charge is 0.463 e. The Morgan fingerprint density at radius 3 is 2.76 bits per heavy atom. The van der Waals surface area contributed by atoms with Crippen molar-refractivity contribution in [3.63, 3.8) is 0 Å². The Morgan fingerprint density at radius 2 is 2.04 bits per heavy atom. The van der Waals surface area contributed by atoms with Crippen LogP contribution < -0.4 is 0 Å². The maximum Gasteiger partial charge on any atom is 0.330 e. The van der Waals surface area contributed by atoms with E-state index in [-0.39, 0.29) is 23.7 Å². The van der Waals surface area contributed by atoms with Crippen LogP contribution >= 0.6 is 0 Å².